The van der Waals surface area contributed by atoms with Gasteiger partial charge in [-0.15, -0.1) is 0 Å². The van der Waals surface area contributed by atoms with E-state index in [-0.39, 0.29) is 36.5 Å². The molecule has 2 atom stereocenters. The molecule has 3 saturated heterocycles. The molecular formula is C15H25N3O5S. The second-order valence-electron chi connectivity index (χ2n) is 6.85. The minimum atomic E-state index is -3.18. The number of hydrogen-bond donors (Lipinski definition) is 1. The second kappa shape index (κ2) is 6.61. The van der Waals surface area contributed by atoms with E-state index in [4.69, 9.17) is 4.74 Å². The zero-order valence-corrected chi connectivity index (χ0v) is 14.8. The minimum absolute atomic E-state index is 0.00525. The molecule has 3 fully saturated rings. The van der Waals surface area contributed by atoms with Crippen LogP contribution in [0.15, 0.2) is 0 Å². The third-order valence-electron chi connectivity index (χ3n) is 5.52. The molecule has 3 aliphatic rings. The molecule has 0 aliphatic carbocycles. The number of sulfonamides is 1. The van der Waals surface area contributed by atoms with Crippen molar-refractivity contribution >= 4 is 21.8 Å². The van der Waals surface area contributed by atoms with Crippen molar-refractivity contribution in [3.05, 3.63) is 0 Å². The molecule has 0 aromatic heterocycles. The Kier molecular flexibility index (Phi) is 4.85. The van der Waals surface area contributed by atoms with Crippen LogP contribution < -0.4 is 5.32 Å². The summed E-state index contributed by atoms with van der Waals surface area (Å²) in [5.41, 5.74) is -0.567. The van der Waals surface area contributed by atoms with Crippen LogP contribution >= 0.6 is 0 Å². The van der Waals surface area contributed by atoms with E-state index in [1.807, 2.05) is 0 Å². The van der Waals surface area contributed by atoms with Gasteiger partial charge in [-0.3, -0.25) is 9.59 Å². The van der Waals surface area contributed by atoms with E-state index in [2.05, 4.69) is 5.32 Å². The fraction of sp³-hybridized carbons (Fsp3) is 0.867. The van der Waals surface area contributed by atoms with Crippen LogP contribution in [-0.4, -0.2) is 81.6 Å². The highest BCUT2D eigenvalue weighted by Gasteiger charge is 2.54. The Bertz CT molecular complexity index is 623. The Hall–Kier alpha value is -1.19. The van der Waals surface area contributed by atoms with E-state index < -0.39 is 15.4 Å². The molecule has 3 aliphatic heterocycles. The molecule has 0 unspecified atom stereocenters. The largest absolute Gasteiger partial charge is 0.381 e. The molecule has 0 radical (unpaired) electrons. The van der Waals surface area contributed by atoms with Crippen molar-refractivity contribution < 1.29 is 22.7 Å². The lowest BCUT2D eigenvalue weighted by atomic mass is 9.73. The first-order valence-corrected chi connectivity index (χ1v) is 10.1. The molecule has 136 valence electrons. The van der Waals surface area contributed by atoms with Gasteiger partial charge in [0.05, 0.1) is 17.8 Å². The van der Waals surface area contributed by atoms with E-state index >= 15 is 0 Å². The summed E-state index contributed by atoms with van der Waals surface area (Å²) < 4.78 is 30.5. The maximum absolute atomic E-state index is 12.5. The van der Waals surface area contributed by atoms with Gasteiger partial charge in [-0.1, -0.05) is 0 Å². The number of carbonyl (C=O) groups excluding carboxylic acids is 2. The Morgan fingerprint density at radius 2 is 2.17 bits per heavy atom. The summed E-state index contributed by atoms with van der Waals surface area (Å²) in [5, 5.41) is 2.72. The number of hydrogen-bond acceptors (Lipinski definition) is 5. The third-order valence-corrected chi connectivity index (χ3v) is 7.47. The lowest BCUT2D eigenvalue weighted by Gasteiger charge is -2.36. The zero-order valence-electron chi connectivity index (χ0n) is 14.0. The van der Waals surface area contributed by atoms with E-state index in [0.717, 1.165) is 0 Å². The number of amides is 2. The summed E-state index contributed by atoms with van der Waals surface area (Å²) in [6.45, 7) is 2.63. The van der Waals surface area contributed by atoms with E-state index in [1.165, 1.54) is 4.31 Å². The summed E-state index contributed by atoms with van der Waals surface area (Å²) in [4.78, 5) is 26.6. The molecule has 2 amide bonds. The Balaban J connectivity index is 1.63. The first kappa shape index (κ1) is 17.6. The van der Waals surface area contributed by atoms with Gasteiger partial charge in [0.2, 0.25) is 21.8 Å². The van der Waals surface area contributed by atoms with E-state index in [0.29, 0.717) is 45.7 Å². The molecule has 3 rings (SSSR count). The number of fused-ring (bicyclic) bond motifs is 1. The van der Waals surface area contributed by atoms with Crippen LogP contribution in [0.25, 0.3) is 0 Å². The molecule has 0 aromatic carbocycles. The monoisotopic (exact) mass is 359 g/mol. The smallest absolute Gasteiger partial charge is 0.228 e. The van der Waals surface area contributed by atoms with Crippen LogP contribution in [0.2, 0.25) is 0 Å². The zero-order chi connectivity index (χ0) is 17.4. The number of likely N-dealkylation sites (tertiary alicyclic amines) is 1. The van der Waals surface area contributed by atoms with Gasteiger partial charge in [-0.05, 0) is 12.8 Å². The van der Waals surface area contributed by atoms with Crippen molar-refractivity contribution in [2.24, 2.45) is 11.3 Å². The maximum atomic E-state index is 12.5. The lowest BCUT2D eigenvalue weighted by molar-refractivity contribution is -0.139. The summed E-state index contributed by atoms with van der Waals surface area (Å²) in [6, 6.07) is 0. The molecule has 0 aromatic rings. The number of carbonyl (C=O) groups is 2. The Morgan fingerprint density at radius 3 is 2.83 bits per heavy atom. The highest BCUT2D eigenvalue weighted by atomic mass is 32.2. The van der Waals surface area contributed by atoms with Crippen molar-refractivity contribution in [2.75, 3.05) is 52.2 Å². The van der Waals surface area contributed by atoms with Crippen LogP contribution in [0.5, 0.6) is 0 Å². The third kappa shape index (κ3) is 3.04. The molecule has 0 saturated carbocycles. The average Bonchev–Trinajstić information content (AvgIpc) is 3.12. The summed E-state index contributed by atoms with van der Waals surface area (Å²) >= 11 is 0. The topological polar surface area (TPSA) is 96.0 Å². The number of ether oxygens (including phenoxy) is 1. The fourth-order valence-corrected chi connectivity index (χ4v) is 5.61. The number of nitrogens with zero attached hydrogens (tertiary/aromatic N) is 2. The summed E-state index contributed by atoms with van der Waals surface area (Å²) in [6.07, 6.45) is 1.40. The first-order chi connectivity index (χ1) is 11.4. The highest BCUT2D eigenvalue weighted by molar-refractivity contribution is 7.89. The molecule has 9 heteroatoms. The number of rotatable bonds is 4. The van der Waals surface area contributed by atoms with Crippen molar-refractivity contribution in [3.8, 4) is 0 Å². The standard InChI is InChI=1S/C15H25N3O5S/c1-16-14(20)15-4-7-23-10-12(15)9-17(11-15)13(19)3-6-18-5-2-8-24(18,21)22/h12H,2-11H2,1H3,(H,16,20)/t12-,15+/m1/s1. The number of nitrogens with one attached hydrogen (secondary N) is 1. The molecule has 0 spiro atoms. The quantitative estimate of drug-likeness (QED) is 0.696. The Morgan fingerprint density at radius 1 is 1.38 bits per heavy atom. The van der Waals surface area contributed by atoms with Gasteiger partial charge < -0.3 is 15.0 Å². The van der Waals surface area contributed by atoms with Crippen LogP contribution in [0.4, 0.5) is 0 Å². The minimum Gasteiger partial charge on any atom is -0.381 e. The fourth-order valence-electron chi connectivity index (χ4n) is 4.08. The van der Waals surface area contributed by atoms with Crippen LogP contribution in [0, 0.1) is 11.3 Å². The van der Waals surface area contributed by atoms with Crippen molar-refractivity contribution in [1.29, 1.82) is 0 Å². The highest BCUT2D eigenvalue weighted by Crippen LogP contribution is 2.42. The van der Waals surface area contributed by atoms with Crippen LogP contribution in [-0.2, 0) is 24.3 Å². The van der Waals surface area contributed by atoms with Gasteiger partial charge in [-0.25, -0.2) is 12.7 Å². The molecule has 24 heavy (non-hydrogen) atoms. The summed E-state index contributed by atoms with van der Waals surface area (Å²) in [7, 11) is -1.56. The predicted molar refractivity (Wildman–Crippen MR) is 86.6 cm³/mol. The van der Waals surface area contributed by atoms with Gasteiger partial charge in [0.15, 0.2) is 0 Å². The van der Waals surface area contributed by atoms with Gasteiger partial charge in [0, 0.05) is 52.2 Å². The van der Waals surface area contributed by atoms with E-state index in [1.54, 1.807) is 11.9 Å². The molecule has 3 heterocycles. The molecule has 0 bridgehead atoms. The van der Waals surface area contributed by atoms with Crippen molar-refractivity contribution in [3.63, 3.8) is 0 Å². The lowest BCUT2D eigenvalue weighted by Crippen LogP contribution is -2.49. The molecule has 8 nitrogen and oxygen atoms in total. The van der Waals surface area contributed by atoms with Gasteiger partial charge in [-0.2, -0.15) is 0 Å². The second-order valence-corrected chi connectivity index (χ2v) is 8.94. The maximum Gasteiger partial charge on any atom is 0.228 e. The van der Waals surface area contributed by atoms with Crippen LogP contribution in [0.3, 0.4) is 0 Å². The van der Waals surface area contributed by atoms with Gasteiger partial charge in [0.25, 0.3) is 0 Å². The molecule has 1 N–H and O–H groups in total. The van der Waals surface area contributed by atoms with Crippen molar-refractivity contribution in [2.45, 2.75) is 19.3 Å². The SMILES string of the molecule is CNC(=O)[C@]12CCOC[C@H]1CN(C(=O)CCN1CCCS1(=O)=O)C2. The van der Waals surface area contributed by atoms with Crippen molar-refractivity contribution in [1.82, 2.24) is 14.5 Å². The van der Waals surface area contributed by atoms with Gasteiger partial charge >= 0.3 is 0 Å². The molecular weight excluding hydrogens is 334 g/mol. The summed E-state index contributed by atoms with van der Waals surface area (Å²) in [5.74, 6) is 0.0538. The van der Waals surface area contributed by atoms with Crippen LogP contribution in [0.1, 0.15) is 19.3 Å². The Labute approximate surface area is 142 Å². The van der Waals surface area contributed by atoms with Gasteiger partial charge in [0.1, 0.15) is 0 Å². The predicted octanol–water partition coefficient (Wildman–Crippen LogP) is -0.977. The van der Waals surface area contributed by atoms with E-state index in [9.17, 15) is 18.0 Å². The normalized spacial score (nSPS) is 32.5. The first-order valence-electron chi connectivity index (χ1n) is 8.44. The average molecular weight is 359 g/mol.